The summed E-state index contributed by atoms with van der Waals surface area (Å²) in [7, 11) is 0. The number of ether oxygens (including phenoxy) is 1. The number of nitrogens with one attached hydrogen (secondary N) is 1. The predicted octanol–water partition coefficient (Wildman–Crippen LogP) is 3.51. The van der Waals surface area contributed by atoms with Gasteiger partial charge in [0.05, 0.1) is 29.7 Å². The lowest BCUT2D eigenvalue weighted by atomic mass is 10.0. The molecule has 1 amide bonds. The molecule has 1 aromatic heterocycles. The van der Waals surface area contributed by atoms with E-state index < -0.39 is 0 Å². The summed E-state index contributed by atoms with van der Waals surface area (Å²) in [5.41, 5.74) is 1.35. The number of carbonyl (C=O) groups is 1. The molecule has 2 atom stereocenters. The normalized spacial score (nSPS) is 19.9. The fraction of sp³-hybridized carbons (Fsp3) is 0.304. The number of morpholine rings is 1. The van der Waals surface area contributed by atoms with E-state index in [1.807, 2.05) is 44.2 Å². The van der Waals surface area contributed by atoms with Crippen molar-refractivity contribution in [3.63, 3.8) is 0 Å². The van der Waals surface area contributed by atoms with Crippen LogP contribution in [0, 0.1) is 0 Å². The number of hydrogen-bond donors (Lipinski definition) is 1. The third-order valence-corrected chi connectivity index (χ3v) is 4.98. The molecule has 1 fully saturated rings. The predicted molar refractivity (Wildman–Crippen MR) is 113 cm³/mol. The van der Waals surface area contributed by atoms with Crippen LogP contribution in [0.25, 0.3) is 22.1 Å². The number of benzene rings is 2. The molecule has 29 heavy (non-hydrogen) atoms. The third kappa shape index (κ3) is 4.23. The fourth-order valence-electron chi connectivity index (χ4n) is 3.88. The van der Waals surface area contributed by atoms with Crippen molar-refractivity contribution in [3.05, 3.63) is 64.8 Å². The molecule has 1 aliphatic heterocycles. The van der Waals surface area contributed by atoms with Gasteiger partial charge in [0.1, 0.15) is 5.58 Å². The highest BCUT2D eigenvalue weighted by atomic mass is 16.5. The number of amides is 1. The number of nitrogens with zero attached hydrogens (tertiary/aromatic N) is 1. The van der Waals surface area contributed by atoms with Crippen LogP contribution in [0.4, 0.5) is 5.88 Å². The van der Waals surface area contributed by atoms with Gasteiger partial charge in [0.25, 0.3) is 0 Å². The first kappa shape index (κ1) is 19.4. The molecule has 0 spiro atoms. The van der Waals surface area contributed by atoms with Gasteiger partial charge in [0, 0.05) is 13.1 Å². The van der Waals surface area contributed by atoms with E-state index in [1.54, 1.807) is 24.3 Å². The van der Waals surface area contributed by atoms with Gasteiger partial charge < -0.3 is 9.15 Å². The summed E-state index contributed by atoms with van der Waals surface area (Å²) in [4.78, 5) is 28.0. The zero-order valence-electron chi connectivity index (χ0n) is 16.6. The molecule has 0 unspecified atom stereocenters. The highest BCUT2D eigenvalue weighted by Gasteiger charge is 2.25. The topological polar surface area (TPSA) is 71.8 Å². The Morgan fingerprint density at radius 2 is 1.69 bits per heavy atom. The van der Waals surface area contributed by atoms with Crippen LogP contribution in [0.15, 0.2) is 63.8 Å². The van der Waals surface area contributed by atoms with Gasteiger partial charge in [-0.15, -0.1) is 0 Å². The summed E-state index contributed by atoms with van der Waals surface area (Å²) in [5.74, 6) is -0.0406. The van der Waals surface area contributed by atoms with Crippen molar-refractivity contribution < 1.29 is 13.9 Å². The van der Waals surface area contributed by atoms with E-state index in [1.165, 1.54) is 0 Å². The van der Waals surface area contributed by atoms with Crippen LogP contribution < -0.4 is 10.7 Å². The Morgan fingerprint density at radius 3 is 2.41 bits per heavy atom. The smallest absolute Gasteiger partial charge is 0.240 e. The Balaban J connectivity index is 1.67. The van der Waals surface area contributed by atoms with Crippen LogP contribution in [-0.4, -0.2) is 42.6 Å². The highest BCUT2D eigenvalue weighted by molar-refractivity contribution is 5.97. The van der Waals surface area contributed by atoms with Gasteiger partial charge in [-0.25, -0.2) is 0 Å². The minimum absolute atomic E-state index is 0.0741. The quantitative estimate of drug-likeness (QED) is 0.736. The van der Waals surface area contributed by atoms with Gasteiger partial charge in [0.15, 0.2) is 0 Å². The third-order valence-electron chi connectivity index (χ3n) is 4.98. The van der Waals surface area contributed by atoms with E-state index in [0.717, 1.165) is 0 Å². The number of hydrogen-bond acceptors (Lipinski definition) is 5. The van der Waals surface area contributed by atoms with Gasteiger partial charge in [-0.3, -0.25) is 19.8 Å². The van der Waals surface area contributed by atoms with Crippen LogP contribution in [0.1, 0.15) is 13.8 Å². The SMILES string of the molecule is C[C@H]1CN(CC(=O)Nc2oc3ccccc3c(=O)c2-c2ccccc2)C[C@H](C)O1. The van der Waals surface area contributed by atoms with E-state index in [2.05, 4.69) is 10.2 Å². The first-order valence-electron chi connectivity index (χ1n) is 9.80. The van der Waals surface area contributed by atoms with Crippen LogP contribution in [0.5, 0.6) is 0 Å². The van der Waals surface area contributed by atoms with E-state index in [9.17, 15) is 9.59 Å². The summed E-state index contributed by atoms with van der Waals surface area (Å²) in [5, 5.41) is 3.32. The molecule has 4 rings (SSSR count). The first-order valence-corrected chi connectivity index (χ1v) is 9.80. The molecule has 3 aromatic rings. The van der Waals surface area contributed by atoms with Crippen LogP contribution >= 0.6 is 0 Å². The Labute approximate surface area is 169 Å². The summed E-state index contributed by atoms with van der Waals surface area (Å²) in [6.45, 7) is 5.58. The van der Waals surface area contributed by atoms with Crippen LogP contribution in [0.2, 0.25) is 0 Å². The molecule has 2 heterocycles. The van der Waals surface area contributed by atoms with E-state index in [4.69, 9.17) is 9.15 Å². The number of anilines is 1. The maximum absolute atomic E-state index is 13.2. The second-order valence-corrected chi connectivity index (χ2v) is 7.50. The molecule has 1 N–H and O–H groups in total. The Kier molecular flexibility index (Phi) is 5.47. The lowest BCUT2D eigenvalue weighted by Gasteiger charge is -2.34. The van der Waals surface area contributed by atoms with E-state index in [-0.39, 0.29) is 36.0 Å². The van der Waals surface area contributed by atoms with Crippen LogP contribution in [0.3, 0.4) is 0 Å². The molecule has 0 aliphatic carbocycles. The standard InChI is InChI=1S/C23H24N2O4/c1-15-12-25(13-16(2)28-15)14-20(26)24-23-21(17-8-4-3-5-9-17)22(27)18-10-6-7-11-19(18)29-23/h3-11,15-16H,12-14H2,1-2H3,(H,24,26)/t15-,16-/m0/s1. The average molecular weight is 392 g/mol. The summed E-state index contributed by atoms with van der Waals surface area (Å²) in [6, 6.07) is 16.3. The molecule has 1 aliphatic rings. The average Bonchev–Trinajstić information content (AvgIpc) is 2.68. The summed E-state index contributed by atoms with van der Waals surface area (Å²) in [6.07, 6.45) is 0.148. The van der Waals surface area contributed by atoms with Crippen molar-refractivity contribution in [2.75, 3.05) is 25.0 Å². The van der Waals surface area contributed by atoms with E-state index in [0.29, 0.717) is 35.2 Å². The zero-order chi connectivity index (χ0) is 20.4. The minimum atomic E-state index is -0.220. The molecular weight excluding hydrogens is 368 g/mol. The monoisotopic (exact) mass is 392 g/mol. The maximum Gasteiger partial charge on any atom is 0.240 e. The molecule has 6 heteroatoms. The van der Waals surface area contributed by atoms with Crippen molar-refractivity contribution in [2.45, 2.75) is 26.1 Å². The van der Waals surface area contributed by atoms with Crippen molar-refractivity contribution in [3.8, 4) is 11.1 Å². The number of para-hydroxylation sites is 1. The van der Waals surface area contributed by atoms with Crippen molar-refractivity contribution >= 4 is 22.8 Å². The molecule has 150 valence electrons. The van der Waals surface area contributed by atoms with E-state index >= 15 is 0 Å². The second-order valence-electron chi connectivity index (χ2n) is 7.50. The number of carbonyl (C=O) groups excluding carboxylic acids is 1. The van der Waals surface area contributed by atoms with Gasteiger partial charge in [-0.1, -0.05) is 42.5 Å². The lowest BCUT2D eigenvalue weighted by molar-refractivity contribution is -0.121. The van der Waals surface area contributed by atoms with Crippen molar-refractivity contribution in [1.82, 2.24) is 4.90 Å². The van der Waals surface area contributed by atoms with Gasteiger partial charge in [-0.05, 0) is 31.5 Å². The second kappa shape index (κ2) is 8.19. The van der Waals surface area contributed by atoms with Gasteiger partial charge >= 0.3 is 0 Å². The highest BCUT2D eigenvalue weighted by Crippen LogP contribution is 2.28. The molecule has 1 saturated heterocycles. The Hall–Kier alpha value is -2.96. The van der Waals surface area contributed by atoms with Crippen molar-refractivity contribution in [1.29, 1.82) is 0 Å². The molecular formula is C23H24N2O4. The number of fused-ring (bicyclic) bond motifs is 1. The zero-order valence-corrected chi connectivity index (χ0v) is 16.6. The Bertz CT molecular complexity index is 1070. The fourth-order valence-corrected chi connectivity index (χ4v) is 3.88. The largest absolute Gasteiger partial charge is 0.439 e. The number of rotatable bonds is 4. The summed E-state index contributed by atoms with van der Waals surface area (Å²) >= 11 is 0. The van der Waals surface area contributed by atoms with Gasteiger partial charge in [-0.2, -0.15) is 0 Å². The minimum Gasteiger partial charge on any atom is -0.439 e. The van der Waals surface area contributed by atoms with Gasteiger partial charge in [0.2, 0.25) is 17.2 Å². The maximum atomic E-state index is 13.2. The molecule has 6 nitrogen and oxygen atoms in total. The molecule has 0 radical (unpaired) electrons. The molecule has 0 bridgehead atoms. The molecule has 2 aromatic carbocycles. The van der Waals surface area contributed by atoms with Crippen molar-refractivity contribution in [2.24, 2.45) is 0 Å². The first-order chi connectivity index (χ1) is 14.0. The van der Waals surface area contributed by atoms with Crippen LogP contribution in [-0.2, 0) is 9.53 Å². The summed E-state index contributed by atoms with van der Waals surface area (Å²) < 4.78 is 11.7. The molecule has 0 saturated carbocycles. The lowest BCUT2D eigenvalue weighted by Crippen LogP contribution is -2.48. The Morgan fingerprint density at radius 1 is 1.03 bits per heavy atom.